The van der Waals surface area contributed by atoms with Crippen molar-refractivity contribution in [2.24, 2.45) is 0 Å². The van der Waals surface area contributed by atoms with E-state index in [2.05, 4.69) is 5.32 Å². The van der Waals surface area contributed by atoms with Crippen LogP contribution in [0.15, 0.2) is 60.2 Å². The Balaban J connectivity index is 1.77. The van der Waals surface area contributed by atoms with Crippen LogP contribution < -0.4 is 19.5 Å². The molecule has 0 bridgehead atoms. The highest BCUT2D eigenvalue weighted by atomic mass is 35.5. The Hall–Kier alpha value is -3.37. The fraction of sp³-hybridized carbons (Fsp3) is 0.185. The molecule has 0 radical (unpaired) electrons. The Morgan fingerprint density at radius 2 is 1.78 bits per heavy atom. The van der Waals surface area contributed by atoms with Crippen LogP contribution in [0.5, 0.6) is 17.2 Å². The molecule has 0 aliphatic rings. The molecule has 6 nitrogen and oxygen atoms in total. The highest BCUT2D eigenvalue weighted by Gasteiger charge is 2.15. The maximum absolute atomic E-state index is 12.6. The molecule has 0 aliphatic carbocycles. The van der Waals surface area contributed by atoms with E-state index in [1.807, 2.05) is 25.1 Å². The summed E-state index contributed by atoms with van der Waals surface area (Å²) in [7, 11) is 1.58. The first-order valence-corrected chi connectivity index (χ1v) is 12.0. The largest absolute Gasteiger partial charge is 0.497 e. The second kappa shape index (κ2) is 13.1. The summed E-state index contributed by atoms with van der Waals surface area (Å²) in [4.78, 5) is 12.6. The third kappa shape index (κ3) is 7.32. The number of rotatable bonds is 10. The zero-order valence-corrected chi connectivity index (χ0v) is 21.9. The average molecular weight is 546 g/mol. The van der Waals surface area contributed by atoms with Gasteiger partial charge in [-0.1, -0.05) is 53.0 Å². The number of nitriles is 1. The molecule has 0 saturated heterocycles. The summed E-state index contributed by atoms with van der Waals surface area (Å²) in [6.07, 6.45) is 1.44. The van der Waals surface area contributed by atoms with Gasteiger partial charge in [0.2, 0.25) is 0 Å². The van der Waals surface area contributed by atoms with Gasteiger partial charge in [-0.05, 0) is 60.5 Å². The zero-order valence-electron chi connectivity index (χ0n) is 19.6. The predicted molar refractivity (Wildman–Crippen MR) is 142 cm³/mol. The van der Waals surface area contributed by atoms with E-state index in [4.69, 9.17) is 49.0 Å². The standard InChI is InChI=1S/C27H23Cl3N2O4/c1-3-35-25-12-18(11-24(30)26(25)36-16-19-6-7-21(28)13-23(19)29)10-20(14-31)27(33)32-15-17-4-8-22(34-2)9-5-17/h4-13H,3,15-16H2,1-2H3,(H,32,33)/b20-10-. The number of hydrogen-bond donors (Lipinski definition) is 1. The second-order valence-corrected chi connectivity index (χ2v) is 8.74. The summed E-state index contributed by atoms with van der Waals surface area (Å²) in [5, 5.41) is 13.6. The van der Waals surface area contributed by atoms with E-state index in [0.29, 0.717) is 39.5 Å². The highest BCUT2D eigenvalue weighted by molar-refractivity contribution is 6.35. The van der Waals surface area contributed by atoms with Crippen LogP contribution in [0, 0.1) is 11.3 Å². The van der Waals surface area contributed by atoms with Crippen molar-refractivity contribution in [2.45, 2.75) is 20.1 Å². The molecule has 0 heterocycles. The first-order valence-electron chi connectivity index (χ1n) is 10.9. The fourth-order valence-electron chi connectivity index (χ4n) is 3.20. The van der Waals surface area contributed by atoms with Gasteiger partial charge in [0.1, 0.15) is 24.0 Å². The SMILES string of the molecule is CCOc1cc(/C=C(/C#N)C(=O)NCc2ccc(OC)cc2)cc(Cl)c1OCc1ccc(Cl)cc1Cl. The lowest BCUT2D eigenvalue weighted by Gasteiger charge is -2.15. The molecule has 0 unspecified atom stereocenters. The monoisotopic (exact) mass is 544 g/mol. The summed E-state index contributed by atoms with van der Waals surface area (Å²) in [5.74, 6) is 0.898. The zero-order chi connectivity index (χ0) is 26.1. The van der Waals surface area contributed by atoms with Crippen LogP contribution >= 0.6 is 34.8 Å². The van der Waals surface area contributed by atoms with Gasteiger partial charge in [-0.25, -0.2) is 0 Å². The molecule has 0 fully saturated rings. The number of nitrogens with zero attached hydrogens (tertiary/aromatic N) is 1. The number of carbonyl (C=O) groups excluding carboxylic acids is 1. The Morgan fingerprint density at radius 1 is 1.03 bits per heavy atom. The van der Waals surface area contributed by atoms with E-state index in [9.17, 15) is 10.1 Å². The van der Waals surface area contributed by atoms with Crippen molar-refractivity contribution in [1.82, 2.24) is 5.32 Å². The van der Waals surface area contributed by atoms with Crippen molar-refractivity contribution in [1.29, 1.82) is 5.26 Å². The Kier molecular flexibility index (Phi) is 9.89. The molecule has 0 aliphatic heterocycles. The molecule has 0 saturated carbocycles. The molecule has 186 valence electrons. The van der Waals surface area contributed by atoms with E-state index in [0.717, 1.165) is 11.1 Å². The number of nitrogens with one attached hydrogen (secondary N) is 1. The lowest BCUT2D eigenvalue weighted by atomic mass is 10.1. The normalized spacial score (nSPS) is 10.9. The molecule has 3 aromatic carbocycles. The van der Waals surface area contributed by atoms with E-state index < -0.39 is 5.91 Å². The minimum Gasteiger partial charge on any atom is -0.497 e. The fourth-order valence-corrected chi connectivity index (χ4v) is 3.94. The third-order valence-corrected chi connectivity index (χ3v) is 5.87. The molecule has 1 amide bonds. The van der Waals surface area contributed by atoms with Crippen molar-refractivity contribution in [3.05, 3.63) is 91.9 Å². The summed E-state index contributed by atoms with van der Waals surface area (Å²) in [6, 6.07) is 17.6. The van der Waals surface area contributed by atoms with Crippen molar-refractivity contribution >= 4 is 46.8 Å². The Bertz CT molecular complexity index is 1300. The Labute approximate surface area is 224 Å². The summed E-state index contributed by atoms with van der Waals surface area (Å²) < 4.78 is 16.7. The molecule has 3 aromatic rings. The van der Waals surface area contributed by atoms with Crippen LogP contribution in [0.4, 0.5) is 0 Å². The van der Waals surface area contributed by atoms with Gasteiger partial charge >= 0.3 is 0 Å². The number of benzene rings is 3. The summed E-state index contributed by atoms with van der Waals surface area (Å²) in [5.41, 5.74) is 2.02. The third-order valence-electron chi connectivity index (χ3n) is 5.01. The number of ether oxygens (including phenoxy) is 3. The van der Waals surface area contributed by atoms with E-state index >= 15 is 0 Å². The first-order chi connectivity index (χ1) is 17.3. The molecular weight excluding hydrogens is 523 g/mol. The smallest absolute Gasteiger partial charge is 0.262 e. The van der Waals surface area contributed by atoms with Gasteiger partial charge in [0, 0.05) is 22.2 Å². The number of halogens is 3. The number of methoxy groups -OCH3 is 1. The maximum Gasteiger partial charge on any atom is 0.262 e. The second-order valence-electron chi connectivity index (χ2n) is 7.49. The molecule has 9 heteroatoms. The van der Waals surface area contributed by atoms with Crippen LogP contribution in [0.25, 0.3) is 6.08 Å². The minimum atomic E-state index is -0.514. The number of carbonyl (C=O) groups is 1. The lowest BCUT2D eigenvalue weighted by molar-refractivity contribution is -0.117. The summed E-state index contributed by atoms with van der Waals surface area (Å²) in [6.45, 7) is 2.58. The molecule has 36 heavy (non-hydrogen) atoms. The van der Waals surface area contributed by atoms with E-state index in [-0.39, 0.29) is 23.7 Å². The number of amides is 1. The summed E-state index contributed by atoms with van der Waals surface area (Å²) >= 11 is 18.7. The van der Waals surface area contributed by atoms with Crippen molar-refractivity contribution in [3.8, 4) is 23.3 Å². The first kappa shape index (κ1) is 27.2. The van der Waals surface area contributed by atoms with Crippen molar-refractivity contribution < 1.29 is 19.0 Å². The van der Waals surface area contributed by atoms with Gasteiger partial charge in [0.25, 0.3) is 5.91 Å². The van der Waals surface area contributed by atoms with Crippen LogP contribution in [-0.2, 0) is 17.9 Å². The predicted octanol–water partition coefficient (Wildman–Crippen LogP) is 6.86. The molecular formula is C27H23Cl3N2O4. The topological polar surface area (TPSA) is 80.6 Å². The van der Waals surface area contributed by atoms with Crippen LogP contribution in [0.3, 0.4) is 0 Å². The van der Waals surface area contributed by atoms with E-state index in [1.54, 1.807) is 49.6 Å². The molecule has 0 aromatic heterocycles. The van der Waals surface area contributed by atoms with Gasteiger partial charge < -0.3 is 19.5 Å². The number of hydrogen-bond acceptors (Lipinski definition) is 5. The molecule has 1 N–H and O–H groups in total. The quantitative estimate of drug-likeness (QED) is 0.222. The minimum absolute atomic E-state index is 0.0800. The van der Waals surface area contributed by atoms with Crippen LogP contribution in [-0.4, -0.2) is 19.6 Å². The van der Waals surface area contributed by atoms with Crippen molar-refractivity contribution in [2.75, 3.05) is 13.7 Å². The van der Waals surface area contributed by atoms with Crippen LogP contribution in [0.1, 0.15) is 23.6 Å². The van der Waals surface area contributed by atoms with Gasteiger partial charge in [-0.2, -0.15) is 5.26 Å². The molecule has 3 rings (SSSR count). The Morgan fingerprint density at radius 3 is 2.42 bits per heavy atom. The average Bonchev–Trinajstić information content (AvgIpc) is 2.86. The van der Waals surface area contributed by atoms with Gasteiger partial charge in [-0.3, -0.25) is 4.79 Å². The highest BCUT2D eigenvalue weighted by Crippen LogP contribution is 2.38. The van der Waals surface area contributed by atoms with Crippen molar-refractivity contribution in [3.63, 3.8) is 0 Å². The van der Waals surface area contributed by atoms with E-state index in [1.165, 1.54) is 6.08 Å². The van der Waals surface area contributed by atoms with Crippen LogP contribution in [0.2, 0.25) is 15.1 Å². The van der Waals surface area contributed by atoms with Gasteiger partial charge in [-0.15, -0.1) is 0 Å². The van der Waals surface area contributed by atoms with Gasteiger partial charge in [0.15, 0.2) is 11.5 Å². The molecule has 0 spiro atoms. The lowest BCUT2D eigenvalue weighted by Crippen LogP contribution is -2.23. The maximum atomic E-state index is 12.6. The van der Waals surface area contributed by atoms with Gasteiger partial charge in [0.05, 0.1) is 18.7 Å². The molecule has 0 atom stereocenters.